The zero-order valence-corrected chi connectivity index (χ0v) is 19.5. The fourth-order valence-corrected chi connectivity index (χ4v) is 4.81. The van der Waals surface area contributed by atoms with Gasteiger partial charge >= 0.3 is 11.9 Å². The Morgan fingerprint density at radius 2 is 1.12 bits per heavy atom. The molecule has 0 saturated heterocycles. The number of aromatic nitrogens is 2. The van der Waals surface area contributed by atoms with Gasteiger partial charge < -0.3 is 19.7 Å². The van der Waals surface area contributed by atoms with Gasteiger partial charge in [-0.3, -0.25) is 9.59 Å². The molecule has 0 aliphatic rings. The smallest absolute Gasteiger partial charge is 0.307 e. The Morgan fingerprint density at radius 3 is 1.53 bits per heavy atom. The summed E-state index contributed by atoms with van der Waals surface area (Å²) in [6, 6.07) is 14.1. The fraction of sp³-hybridized carbons (Fsp3) is 0.167. The third-order valence-corrected chi connectivity index (χ3v) is 6.59. The lowest BCUT2D eigenvalue weighted by Gasteiger charge is -2.09. The number of rotatable bonds is 11. The number of aliphatic carboxylic acids is 2. The lowest BCUT2D eigenvalue weighted by molar-refractivity contribution is -0.137. The first-order chi connectivity index (χ1) is 16.5. The van der Waals surface area contributed by atoms with Gasteiger partial charge in [-0.1, -0.05) is 36.4 Å². The third kappa shape index (κ3) is 6.18. The van der Waals surface area contributed by atoms with Gasteiger partial charge in [-0.05, 0) is 12.1 Å². The molecular weight excluding hydrogens is 476 g/mol. The van der Waals surface area contributed by atoms with E-state index in [9.17, 15) is 9.59 Å². The van der Waals surface area contributed by atoms with Crippen LogP contribution < -0.4 is 9.47 Å². The number of nitrogens with zero attached hydrogens (tertiary/aromatic N) is 2. The van der Waals surface area contributed by atoms with E-state index in [1.54, 1.807) is 48.5 Å². The van der Waals surface area contributed by atoms with Crippen LogP contribution in [0.4, 0.5) is 0 Å². The predicted molar refractivity (Wildman–Crippen MR) is 127 cm³/mol. The summed E-state index contributed by atoms with van der Waals surface area (Å²) in [7, 11) is 0. The Morgan fingerprint density at radius 1 is 0.706 bits per heavy atom. The molecule has 0 aliphatic carbocycles. The molecule has 0 bridgehead atoms. The van der Waals surface area contributed by atoms with Crippen molar-refractivity contribution >= 4 is 34.6 Å². The number of carboxylic acid groups (broad SMARTS) is 2. The normalized spacial score (nSPS) is 10.7. The van der Waals surface area contributed by atoms with Gasteiger partial charge in [-0.2, -0.15) is 0 Å². The van der Waals surface area contributed by atoms with Gasteiger partial charge in [0.1, 0.15) is 24.7 Å². The minimum atomic E-state index is -0.916. The van der Waals surface area contributed by atoms with E-state index in [-0.39, 0.29) is 26.1 Å². The summed E-state index contributed by atoms with van der Waals surface area (Å²) >= 11 is 2.89. The molecule has 8 nitrogen and oxygen atoms in total. The second kappa shape index (κ2) is 10.9. The molecule has 2 aromatic heterocycles. The van der Waals surface area contributed by atoms with Gasteiger partial charge in [0.2, 0.25) is 0 Å². The Labute approximate surface area is 203 Å². The summed E-state index contributed by atoms with van der Waals surface area (Å²) in [5.41, 5.74) is 2.67. The molecule has 0 spiro atoms. The van der Waals surface area contributed by atoms with E-state index >= 15 is 0 Å². The summed E-state index contributed by atoms with van der Waals surface area (Å²) in [6.45, 7) is 0.434. The first-order valence-electron chi connectivity index (χ1n) is 10.2. The maximum atomic E-state index is 11.0. The van der Waals surface area contributed by atoms with Crippen LogP contribution in [0, 0.1) is 0 Å². The number of carboxylic acids is 2. The molecule has 0 atom stereocenters. The highest BCUT2D eigenvalue weighted by Gasteiger charge is 2.13. The summed E-state index contributed by atoms with van der Waals surface area (Å²) in [4.78, 5) is 31.2. The van der Waals surface area contributed by atoms with Crippen LogP contribution >= 0.6 is 22.7 Å². The Bertz CT molecular complexity index is 1200. The van der Waals surface area contributed by atoms with Crippen LogP contribution in [0.2, 0.25) is 0 Å². The highest BCUT2D eigenvalue weighted by molar-refractivity contribution is 7.19. The van der Waals surface area contributed by atoms with Crippen molar-refractivity contribution in [1.29, 1.82) is 0 Å². The molecule has 0 unspecified atom stereocenters. The Balaban J connectivity index is 1.37. The number of thiazole rings is 2. The minimum absolute atomic E-state index is 0.108. The maximum absolute atomic E-state index is 11.0. The minimum Gasteiger partial charge on any atom is -0.487 e. The van der Waals surface area contributed by atoms with E-state index in [1.165, 1.54) is 22.7 Å². The second-order valence-electron chi connectivity index (χ2n) is 7.22. The monoisotopic (exact) mass is 496 g/mol. The zero-order chi connectivity index (χ0) is 23.9. The van der Waals surface area contributed by atoms with E-state index < -0.39 is 11.9 Å². The summed E-state index contributed by atoms with van der Waals surface area (Å²) < 4.78 is 11.6. The molecule has 2 aromatic carbocycles. The van der Waals surface area contributed by atoms with E-state index in [2.05, 4.69) is 9.97 Å². The lowest BCUT2D eigenvalue weighted by Crippen LogP contribution is -2.04. The van der Waals surface area contributed by atoms with Gasteiger partial charge in [0, 0.05) is 21.9 Å². The van der Waals surface area contributed by atoms with Crippen molar-refractivity contribution in [2.45, 2.75) is 26.1 Å². The van der Waals surface area contributed by atoms with Gasteiger partial charge in [-0.25, -0.2) is 9.97 Å². The standard InChI is InChI=1S/C24H20N2O6S2/c27-21(28)9-15-5-1-3-7-19(15)31-11-17-13-33-23(25-17)24-26-18(14-34-24)12-32-20-8-4-2-6-16(20)10-22(29)30/h1-8,13-14H,9-12H2,(H,27,28)(H,29,30). The maximum Gasteiger partial charge on any atom is 0.307 e. The van der Waals surface area contributed by atoms with Crippen LogP contribution in [0.1, 0.15) is 22.5 Å². The van der Waals surface area contributed by atoms with E-state index in [4.69, 9.17) is 19.7 Å². The van der Waals surface area contributed by atoms with Crippen LogP contribution in [-0.2, 0) is 35.6 Å². The molecule has 2 heterocycles. The SMILES string of the molecule is O=C(O)Cc1ccccc1OCc1csc(-c2nc(COc3ccccc3CC(=O)O)cs2)n1. The number of para-hydroxylation sites is 2. The van der Waals surface area contributed by atoms with Crippen molar-refractivity contribution < 1.29 is 29.3 Å². The topological polar surface area (TPSA) is 119 Å². The van der Waals surface area contributed by atoms with E-state index in [0.717, 1.165) is 21.4 Å². The van der Waals surface area contributed by atoms with Gasteiger partial charge in [-0.15, -0.1) is 22.7 Å². The molecule has 0 aliphatic heterocycles. The highest BCUT2D eigenvalue weighted by atomic mass is 32.1. The quantitative estimate of drug-likeness (QED) is 0.307. The number of ether oxygens (including phenoxy) is 2. The number of benzene rings is 2. The molecule has 4 aromatic rings. The summed E-state index contributed by atoms with van der Waals surface area (Å²) in [5, 5.41) is 23.4. The molecule has 174 valence electrons. The lowest BCUT2D eigenvalue weighted by atomic mass is 10.1. The molecule has 0 radical (unpaired) electrons. The van der Waals surface area contributed by atoms with Crippen molar-refractivity contribution in [3.05, 3.63) is 81.8 Å². The first-order valence-corrected chi connectivity index (χ1v) is 12.0. The molecular formula is C24H20N2O6S2. The van der Waals surface area contributed by atoms with Crippen molar-refractivity contribution in [3.8, 4) is 21.5 Å². The van der Waals surface area contributed by atoms with Gasteiger partial charge in [0.15, 0.2) is 10.0 Å². The van der Waals surface area contributed by atoms with Crippen molar-refractivity contribution in [1.82, 2.24) is 9.97 Å². The number of hydrogen-bond acceptors (Lipinski definition) is 8. The number of hydrogen-bond donors (Lipinski definition) is 2. The second-order valence-corrected chi connectivity index (χ2v) is 8.94. The average Bonchev–Trinajstić information content (AvgIpc) is 3.47. The van der Waals surface area contributed by atoms with E-state index in [1.807, 2.05) is 10.8 Å². The number of carbonyl (C=O) groups is 2. The van der Waals surface area contributed by atoms with Gasteiger partial charge in [0.05, 0.1) is 24.2 Å². The zero-order valence-electron chi connectivity index (χ0n) is 17.8. The first kappa shape index (κ1) is 23.4. The largest absolute Gasteiger partial charge is 0.487 e. The van der Waals surface area contributed by atoms with Crippen LogP contribution in [0.3, 0.4) is 0 Å². The summed E-state index contributed by atoms with van der Waals surface area (Å²) in [5.74, 6) is -0.783. The third-order valence-electron chi connectivity index (χ3n) is 4.67. The fourth-order valence-electron chi connectivity index (χ4n) is 3.15. The summed E-state index contributed by atoms with van der Waals surface area (Å²) in [6.07, 6.45) is -0.216. The molecule has 0 amide bonds. The van der Waals surface area contributed by atoms with Crippen LogP contribution in [0.25, 0.3) is 10.0 Å². The van der Waals surface area contributed by atoms with Crippen molar-refractivity contribution in [3.63, 3.8) is 0 Å². The molecule has 34 heavy (non-hydrogen) atoms. The molecule has 4 rings (SSSR count). The highest BCUT2D eigenvalue weighted by Crippen LogP contribution is 2.29. The Kier molecular flexibility index (Phi) is 7.51. The van der Waals surface area contributed by atoms with Crippen molar-refractivity contribution in [2.24, 2.45) is 0 Å². The molecule has 2 N–H and O–H groups in total. The van der Waals surface area contributed by atoms with Crippen LogP contribution in [0.5, 0.6) is 11.5 Å². The van der Waals surface area contributed by atoms with Crippen molar-refractivity contribution in [2.75, 3.05) is 0 Å². The molecule has 0 fully saturated rings. The Hall–Kier alpha value is -3.76. The van der Waals surface area contributed by atoms with Gasteiger partial charge in [0.25, 0.3) is 0 Å². The average molecular weight is 497 g/mol. The van der Waals surface area contributed by atoms with Crippen LogP contribution in [-0.4, -0.2) is 32.1 Å². The molecule has 10 heteroatoms. The van der Waals surface area contributed by atoms with E-state index in [0.29, 0.717) is 22.6 Å². The predicted octanol–water partition coefficient (Wildman–Crippen LogP) is 4.68. The van der Waals surface area contributed by atoms with Crippen LogP contribution in [0.15, 0.2) is 59.3 Å². The molecule has 0 saturated carbocycles.